The Balaban J connectivity index is 2.43. The number of aryl methyl sites for hydroxylation is 1. The second kappa shape index (κ2) is 4.68. The van der Waals surface area contributed by atoms with Gasteiger partial charge in [-0.2, -0.15) is 0 Å². The Kier molecular flexibility index (Phi) is 3.42. The van der Waals surface area contributed by atoms with Crippen LogP contribution in [-0.2, 0) is 0 Å². The fourth-order valence-electron chi connectivity index (χ4n) is 1.52. The van der Waals surface area contributed by atoms with E-state index in [9.17, 15) is 0 Å². The number of aromatic nitrogens is 4. The van der Waals surface area contributed by atoms with E-state index in [2.05, 4.69) is 53.4 Å². The van der Waals surface area contributed by atoms with Gasteiger partial charge in [0.2, 0.25) is 0 Å². The Bertz CT molecular complexity index is 517. The van der Waals surface area contributed by atoms with Gasteiger partial charge in [0.05, 0.1) is 0 Å². The summed E-state index contributed by atoms with van der Waals surface area (Å²) in [6.45, 7) is 1.78. The molecule has 0 amide bonds. The average molecular weight is 335 g/mol. The summed E-state index contributed by atoms with van der Waals surface area (Å²) < 4.78 is 1.46. The van der Waals surface area contributed by atoms with Gasteiger partial charge in [-0.15, -0.1) is 0 Å². The number of hydrogen-bond acceptors (Lipinski definition) is 4. The fourth-order valence-corrected chi connectivity index (χ4v) is 4.90. The molecule has 1 aromatic carbocycles. The van der Waals surface area contributed by atoms with Crippen molar-refractivity contribution in [1.82, 2.24) is 20.4 Å². The molecule has 88 valence electrons. The van der Waals surface area contributed by atoms with Crippen LogP contribution >= 0.6 is 0 Å². The summed E-state index contributed by atoms with van der Waals surface area (Å²) in [7, 11) is 0. The molecule has 2 aromatic rings. The van der Waals surface area contributed by atoms with E-state index >= 15 is 0 Å². The molecule has 0 bridgehead atoms. The summed E-state index contributed by atoms with van der Waals surface area (Å²) >= 11 is -2.03. The molecule has 17 heavy (non-hydrogen) atoms. The van der Waals surface area contributed by atoms with Crippen LogP contribution in [0.15, 0.2) is 24.3 Å². The zero-order valence-corrected chi connectivity index (χ0v) is 13.5. The third-order valence-corrected chi connectivity index (χ3v) is 8.40. The van der Waals surface area contributed by atoms with E-state index < -0.39 is 18.4 Å². The molecule has 0 radical (unpaired) electrons. The number of nitrogens with zero attached hydrogens (tertiary/aromatic N) is 4. The molecule has 0 atom stereocenters. The molecule has 0 aliphatic heterocycles. The fraction of sp³-hybridized carbons (Fsp3) is 0.333. The molecule has 0 N–H and O–H groups in total. The maximum atomic E-state index is 4.07. The average Bonchev–Trinajstić information content (AvgIpc) is 2.29. The van der Waals surface area contributed by atoms with Gasteiger partial charge in [0.1, 0.15) is 0 Å². The van der Waals surface area contributed by atoms with Crippen molar-refractivity contribution in [3.8, 4) is 11.4 Å². The minimum absolute atomic E-state index is 0.597. The second-order valence-electron chi connectivity index (χ2n) is 5.10. The SMILES string of the molecule is Cc1nnc(-c2ccc[c]([Sn]([CH3])([CH3])[CH3])c2)nn1. The third kappa shape index (κ3) is 3.00. The van der Waals surface area contributed by atoms with Crippen LogP contribution in [-0.4, -0.2) is 38.8 Å². The van der Waals surface area contributed by atoms with Crippen LogP contribution in [0.5, 0.6) is 0 Å². The van der Waals surface area contributed by atoms with Gasteiger partial charge in [0.15, 0.2) is 0 Å². The van der Waals surface area contributed by atoms with E-state index in [0.29, 0.717) is 11.6 Å². The molecule has 0 saturated carbocycles. The molecule has 4 nitrogen and oxygen atoms in total. The van der Waals surface area contributed by atoms with Crippen LogP contribution in [0.1, 0.15) is 5.82 Å². The van der Waals surface area contributed by atoms with Crippen molar-refractivity contribution >= 4 is 22.0 Å². The van der Waals surface area contributed by atoms with Gasteiger partial charge in [0.25, 0.3) is 0 Å². The van der Waals surface area contributed by atoms with Crippen molar-refractivity contribution in [2.75, 3.05) is 0 Å². The van der Waals surface area contributed by atoms with Gasteiger partial charge in [-0.05, 0) is 0 Å². The van der Waals surface area contributed by atoms with Crippen LogP contribution in [0, 0.1) is 6.92 Å². The van der Waals surface area contributed by atoms with Gasteiger partial charge < -0.3 is 0 Å². The molecule has 2 rings (SSSR count). The molecule has 0 aliphatic carbocycles. The minimum atomic E-state index is -2.03. The molecule has 0 spiro atoms. The molecule has 0 unspecified atom stereocenters. The van der Waals surface area contributed by atoms with E-state index in [-0.39, 0.29) is 0 Å². The third-order valence-electron chi connectivity index (χ3n) is 2.57. The number of hydrogen-bond donors (Lipinski definition) is 0. The molecule has 0 aliphatic rings. The topological polar surface area (TPSA) is 51.6 Å². The van der Waals surface area contributed by atoms with Crippen LogP contribution in [0.4, 0.5) is 0 Å². The van der Waals surface area contributed by atoms with Gasteiger partial charge in [-0.3, -0.25) is 0 Å². The summed E-state index contributed by atoms with van der Waals surface area (Å²) in [6.07, 6.45) is 0. The summed E-state index contributed by atoms with van der Waals surface area (Å²) in [5, 5.41) is 16.0. The van der Waals surface area contributed by atoms with E-state index in [1.54, 1.807) is 6.92 Å². The Morgan fingerprint density at radius 1 is 0.941 bits per heavy atom. The van der Waals surface area contributed by atoms with E-state index in [0.717, 1.165) is 5.56 Å². The standard InChI is InChI=1S/C9H7N4.3CH3.Sn/c1-7-10-12-9(13-11-7)8-5-3-2-4-6-8;;;;/h2-3,5-6H,1H3;3*1H3;. The molecule has 1 aromatic heterocycles. The Morgan fingerprint density at radius 3 is 2.18 bits per heavy atom. The van der Waals surface area contributed by atoms with Gasteiger partial charge in [-0.1, -0.05) is 0 Å². The van der Waals surface area contributed by atoms with E-state index in [1.165, 1.54) is 3.58 Å². The first kappa shape index (κ1) is 12.4. The molecular weight excluding hydrogens is 319 g/mol. The first-order valence-corrected chi connectivity index (χ1v) is 15.6. The normalized spacial score (nSPS) is 11.5. The summed E-state index contributed by atoms with van der Waals surface area (Å²) in [6, 6.07) is 8.46. The predicted molar refractivity (Wildman–Crippen MR) is 70.8 cm³/mol. The number of rotatable bonds is 2. The molecular formula is C12H16N4Sn. The van der Waals surface area contributed by atoms with Gasteiger partial charge in [-0.25, -0.2) is 0 Å². The first-order chi connectivity index (χ1) is 7.97. The second-order valence-corrected chi connectivity index (χ2v) is 19.6. The van der Waals surface area contributed by atoms with Crippen LogP contribution < -0.4 is 3.58 Å². The van der Waals surface area contributed by atoms with Crippen molar-refractivity contribution in [3.63, 3.8) is 0 Å². The number of benzene rings is 1. The predicted octanol–water partition coefficient (Wildman–Crippen LogP) is 1.79. The van der Waals surface area contributed by atoms with Gasteiger partial charge in [0, 0.05) is 0 Å². The van der Waals surface area contributed by atoms with E-state index in [4.69, 9.17) is 0 Å². The van der Waals surface area contributed by atoms with Crippen LogP contribution in [0.2, 0.25) is 14.8 Å². The first-order valence-electron chi connectivity index (χ1n) is 5.62. The molecule has 1 heterocycles. The quantitative estimate of drug-likeness (QED) is 0.786. The summed E-state index contributed by atoms with van der Waals surface area (Å²) in [5.74, 6) is 1.20. The van der Waals surface area contributed by atoms with Crippen molar-refractivity contribution in [1.29, 1.82) is 0 Å². The van der Waals surface area contributed by atoms with E-state index in [1.807, 2.05) is 6.07 Å². The van der Waals surface area contributed by atoms with Gasteiger partial charge >= 0.3 is 106 Å². The van der Waals surface area contributed by atoms with Crippen molar-refractivity contribution < 1.29 is 0 Å². The van der Waals surface area contributed by atoms with Crippen molar-refractivity contribution in [3.05, 3.63) is 30.1 Å². The van der Waals surface area contributed by atoms with Crippen molar-refractivity contribution in [2.24, 2.45) is 0 Å². The monoisotopic (exact) mass is 336 g/mol. The van der Waals surface area contributed by atoms with Crippen molar-refractivity contribution in [2.45, 2.75) is 21.7 Å². The zero-order valence-electron chi connectivity index (χ0n) is 10.6. The summed E-state index contributed by atoms with van der Waals surface area (Å²) in [5.41, 5.74) is 1.01. The molecule has 0 saturated heterocycles. The van der Waals surface area contributed by atoms with Crippen LogP contribution in [0.25, 0.3) is 11.4 Å². The molecule has 0 fully saturated rings. The molecule has 5 heteroatoms. The maximum absolute atomic E-state index is 4.07. The zero-order chi connectivity index (χ0) is 12.5. The Hall–Kier alpha value is -1.04. The Morgan fingerprint density at radius 2 is 1.59 bits per heavy atom. The van der Waals surface area contributed by atoms with Crippen LogP contribution in [0.3, 0.4) is 0 Å². The summed E-state index contributed by atoms with van der Waals surface area (Å²) in [4.78, 5) is 7.17. The Labute approximate surface area is 105 Å².